The van der Waals surface area contributed by atoms with E-state index in [1.54, 1.807) is 30.5 Å². The smallest absolute Gasteiger partial charge is 0.253 e. The van der Waals surface area contributed by atoms with Crippen LogP contribution in [0.25, 0.3) is 11.3 Å². The number of piperidine rings is 1. The van der Waals surface area contributed by atoms with Gasteiger partial charge in [0.25, 0.3) is 5.91 Å². The van der Waals surface area contributed by atoms with Gasteiger partial charge in [-0.3, -0.25) is 9.78 Å². The minimum Gasteiger partial charge on any atom is -0.355 e. The summed E-state index contributed by atoms with van der Waals surface area (Å²) in [6, 6.07) is 13.4. The number of amides is 1. The standard InChI is InChI=1S/C22H20ClFN4O/c23-19-5-2-10-25-21(19)28-11-8-18(9-12-28)27-22(29)16-6-7-20(26-14-16)15-3-1-4-17(24)13-15/h1-7,10,13-14,18H,8-9,11-12H2,(H,27,29). The quantitative estimate of drug-likeness (QED) is 0.695. The van der Waals surface area contributed by atoms with Crippen molar-refractivity contribution in [1.29, 1.82) is 0 Å². The number of hydrogen-bond donors (Lipinski definition) is 1. The number of nitrogens with zero attached hydrogens (tertiary/aromatic N) is 3. The van der Waals surface area contributed by atoms with Gasteiger partial charge in [-0.15, -0.1) is 0 Å². The summed E-state index contributed by atoms with van der Waals surface area (Å²) in [6.45, 7) is 1.55. The summed E-state index contributed by atoms with van der Waals surface area (Å²) >= 11 is 6.22. The molecule has 29 heavy (non-hydrogen) atoms. The van der Waals surface area contributed by atoms with E-state index in [1.165, 1.54) is 18.3 Å². The van der Waals surface area contributed by atoms with Crippen molar-refractivity contribution in [3.8, 4) is 11.3 Å². The lowest BCUT2D eigenvalue weighted by molar-refractivity contribution is 0.0930. The predicted molar refractivity (Wildman–Crippen MR) is 112 cm³/mol. The second-order valence-electron chi connectivity index (χ2n) is 6.99. The van der Waals surface area contributed by atoms with Crippen LogP contribution in [0.5, 0.6) is 0 Å². The Bertz CT molecular complexity index is 1000. The first-order valence-electron chi connectivity index (χ1n) is 9.48. The van der Waals surface area contributed by atoms with E-state index in [2.05, 4.69) is 20.2 Å². The molecule has 3 aromatic rings. The van der Waals surface area contributed by atoms with Crippen molar-refractivity contribution < 1.29 is 9.18 Å². The Labute approximate surface area is 173 Å². The van der Waals surface area contributed by atoms with Crippen LogP contribution in [-0.4, -0.2) is 35.0 Å². The highest BCUT2D eigenvalue weighted by Crippen LogP contribution is 2.25. The fourth-order valence-electron chi connectivity index (χ4n) is 3.46. The molecule has 0 atom stereocenters. The number of nitrogens with one attached hydrogen (secondary N) is 1. The largest absolute Gasteiger partial charge is 0.355 e. The molecule has 0 saturated carbocycles. The molecule has 0 aliphatic carbocycles. The molecule has 0 radical (unpaired) electrons. The summed E-state index contributed by atoms with van der Waals surface area (Å²) in [5.41, 5.74) is 1.79. The van der Waals surface area contributed by atoms with Crippen LogP contribution in [-0.2, 0) is 0 Å². The number of benzene rings is 1. The third-order valence-corrected chi connectivity index (χ3v) is 5.31. The lowest BCUT2D eigenvalue weighted by Gasteiger charge is -2.33. The molecule has 1 aromatic carbocycles. The lowest BCUT2D eigenvalue weighted by Crippen LogP contribution is -2.45. The number of carbonyl (C=O) groups excluding carboxylic acids is 1. The molecule has 5 nitrogen and oxygen atoms in total. The maximum absolute atomic E-state index is 13.4. The highest BCUT2D eigenvalue weighted by Gasteiger charge is 2.23. The molecular weight excluding hydrogens is 391 g/mol. The lowest BCUT2D eigenvalue weighted by atomic mass is 10.0. The second-order valence-corrected chi connectivity index (χ2v) is 7.39. The molecular formula is C22H20ClFN4O. The molecule has 7 heteroatoms. The maximum atomic E-state index is 13.4. The SMILES string of the molecule is O=C(NC1CCN(c2ncccc2Cl)CC1)c1ccc(-c2cccc(F)c2)nc1. The van der Waals surface area contributed by atoms with Gasteiger partial charge in [-0.2, -0.15) is 0 Å². The van der Waals surface area contributed by atoms with Crippen molar-refractivity contribution in [1.82, 2.24) is 15.3 Å². The minimum atomic E-state index is -0.315. The fraction of sp³-hybridized carbons (Fsp3) is 0.227. The second kappa shape index (κ2) is 8.57. The molecule has 148 valence electrons. The minimum absolute atomic E-state index is 0.0872. The van der Waals surface area contributed by atoms with E-state index in [-0.39, 0.29) is 17.8 Å². The Kier molecular flexibility index (Phi) is 5.71. The van der Waals surface area contributed by atoms with E-state index < -0.39 is 0 Å². The molecule has 0 bridgehead atoms. The number of anilines is 1. The predicted octanol–water partition coefficient (Wildman–Crippen LogP) is 4.33. The van der Waals surface area contributed by atoms with Crippen LogP contribution in [0, 0.1) is 5.82 Å². The number of aromatic nitrogens is 2. The van der Waals surface area contributed by atoms with E-state index in [0.717, 1.165) is 31.7 Å². The first-order valence-corrected chi connectivity index (χ1v) is 9.86. The number of pyridine rings is 2. The monoisotopic (exact) mass is 410 g/mol. The fourth-order valence-corrected chi connectivity index (χ4v) is 3.70. The highest BCUT2D eigenvalue weighted by atomic mass is 35.5. The van der Waals surface area contributed by atoms with Crippen LogP contribution >= 0.6 is 11.6 Å². The van der Waals surface area contributed by atoms with Crippen LogP contribution < -0.4 is 10.2 Å². The number of hydrogen-bond acceptors (Lipinski definition) is 4. The molecule has 1 amide bonds. The van der Waals surface area contributed by atoms with Gasteiger partial charge in [-0.1, -0.05) is 23.7 Å². The molecule has 1 aliphatic rings. The molecule has 1 aliphatic heterocycles. The van der Waals surface area contributed by atoms with Crippen molar-refractivity contribution in [2.24, 2.45) is 0 Å². The third kappa shape index (κ3) is 4.54. The molecule has 3 heterocycles. The van der Waals surface area contributed by atoms with Gasteiger partial charge in [-0.25, -0.2) is 9.37 Å². The van der Waals surface area contributed by atoms with Gasteiger partial charge < -0.3 is 10.2 Å². The summed E-state index contributed by atoms with van der Waals surface area (Å²) in [6.07, 6.45) is 4.88. The summed E-state index contributed by atoms with van der Waals surface area (Å²) in [4.78, 5) is 23.4. The summed E-state index contributed by atoms with van der Waals surface area (Å²) < 4.78 is 13.4. The molecule has 0 unspecified atom stereocenters. The highest BCUT2D eigenvalue weighted by molar-refractivity contribution is 6.32. The van der Waals surface area contributed by atoms with E-state index in [0.29, 0.717) is 21.8 Å². The van der Waals surface area contributed by atoms with Crippen molar-refractivity contribution in [3.05, 3.63) is 77.3 Å². The molecule has 1 fully saturated rings. The zero-order valence-corrected chi connectivity index (χ0v) is 16.4. The van der Waals surface area contributed by atoms with Crippen molar-refractivity contribution >= 4 is 23.3 Å². The Hall–Kier alpha value is -2.99. The van der Waals surface area contributed by atoms with Crippen LogP contribution in [0.1, 0.15) is 23.2 Å². The number of carbonyl (C=O) groups is 1. The van der Waals surface area contributed by atoms with Crippen LogP contribution in [0.15, 0.2) is 60.9 Å². The van der Waals surface area contributed by atoms with Crippen LogP contribution in [0.3, 0.4) is 0 Å². The van der Waals surface area contributed by atoms with E-state index in [1.807, 2.05) is 12.1 Å². The average molecular weight is 411 g/mol. The zero-order chi connectivity index (χ0) is 20.2. The maximum Gasteiger partial charge on any atom is 0.253 e. The normalized spacial score (nSPS) is 14.6. The average Bonchev–Trinajstić information content (AvgIpc) is 2.75. The topological polar surface area (TPSA) is 58.1 Å². The van der Waals surface area contributed by atoms with E-state index in [9.17, 15) is 9.18 Å². The molecule has 2 aromatic heterocycles. The van der Waals surface area contributed by atoms with E-state index >= 15 is 0 Å². The van der Waals surface area contributed by atoms with Gasteiger partial charge in [0.2, 0.25) is 0 Å². The molecule has 0 spiro atoms. The van der Waals surface area contributed by atoms with Gasteiger partial charge in [-0.05, 0) is 49.2 Å². The Morgan fingerprint density at radius 1 is 1.10 bits per heavy atom. The van der Waals surface area contributed by atoms with Gasteiger partial charge in [0.15, 0.2) is 0 Å². The summed E-state index contributed by atoms with van der Waals surface area (Å²) in [7, 11) is 0. The van der Waals surface area contributed by atoms with Crippen molar-refractivity contribution in [2.45, 2.75) is 18.9 Å². The van der Waals surface area contributed by atoms with Gasteiger partial charge in [0.05, 0.1) is 16.3 Å². The Balaban J connectivity index is 1.35. The van der Waals surface area contributed by atoms with Gasteiger partial charge >= 0.3 is 0 Å². The van der Waals surface area contributed by atoms with Gasteiger partial charge in [0.1, 0.15) is 11.6 Å². The van der Waals surface area contributed by atoms with Crippen LogP contribution in [0.4, 0.5) is 10.2 Å². The molecule has 1 saturated heterocycles. The zero-order valence-electron chi connectivity index (χ0n) is 15.7. The first kappa shape index (κ1) is 19.3. The van der Waals surface area contributed by atoms with Crippen molar-refractivity contribution in [2.75, 3.05) is 18.0 Å². The molecule has 4 rings (SSSR count). The third-order valence-electron chi connectivity index (χ3n) is 5.01. The Morgan fingerprint density at radius 3 is 2.62 bits per heavy atom. The number of halogens is 2. The first-order chi connectivity index (χ1) is 14.1. The number of rotatable bonds is 4. The summed E-state index contributed by atoms with van der Waals surface area (Å²) in [5.74, 6) is 0.318. The van der Waals surface area contributed by atoms with Crippen molar-refractivity contribution in [3.63, 3.8) is 0 Å². The Morgan fingerprint density at radius 2 is 1.93 bits per heavy atom. The molecule has 1 N–H and O–H groups in total. The summed E-state index contributed by atoms with van der Waals surface area (Å²) in [5, 5.41) is 3.71. The van der Waals surface area contributed by atoms with Crippen LogP contribution in [0.2, 0.25) is 5.02 Å². The van der Waals surface area contributed by atoms with Gasteiger partial charge in [0, 0.05) is 37.1 Å². The van der Waals surface area contributed by atoms with E-state index in [4.69, 9.17) is 11.6 Å².